The van der Waals surface area contributed by atoms with Gasteiger partial charge in [0.2, 0.25) is 0 Å². The second-order valence-corrected chi connectivity index (χ2v) is 2.70. The number of hydrogen-bond acceptors (Lipinski definition) is 2. The minimum Gasteiger partial charge on any atom is -0.446 e. The number of carbonyl (C=O) groups is 1. The van der Waals surface area contributed by atoms with Crippen molar-refractivity contribution < 1.29 is 9.53 Å². The average molecular weight is 143 g/mol. The number of rotatable bonds is 2. The van der Waals surface area contributed by atoms with Crippen molar-refractivity contribution in [2.45, 2.75) is 25.9 Å². The van der Waals surface area contributed by atoms with Crippen LogP contribution in [0.15, 0.2) is 0 Å². The molecular weight excluding hydrogens is 130 g/mol. The lowest BCUT2D eigenvalue weighted by Gasteiger charge is -2.10. The molecule has 0 heterocycles. The summed E-state index contributed by atoms with van der Waals surface area (Å²) >= 11 is 0. The Morgan fingerprint density at radius 3 is 2.70 bits per heavy atom. The fourth-order valence-electron chi connectivity index (χ4n) is 0.890. The molecule has 1 rings (SSSR count). The van der Waals surface area contributed by atoms with Crippen molar-refractivity contribution >= 4 is 6.09 Å². The zero-order valence-corrected chi connectivity index (χ0v) is 6.39. The van der Waals surface area contributed by atoms with Crippen LogP contribution in [0.2, 0.25) is 0 Å². The molecule has 1 fully saturated rings. The average Bonchev–Trinajstić information content (AvgIpc) is 2.68. The standard InChI is InChI=1S/C7H13NO2/c1-5(6-3-4-6)10-7(9)8-2/h5-6H,3-4H2,1-2H3,(H,8,9)/t5-/m0/s1. The molecule has 1 amide bonds. The quantitative estimate of drug-likeness (QED) is 0.629. The molecule has 0 aromatic rings. The number of alkyl carbamates (subject to hydrolysis) is 1. The molecule has 0 radical (unpaired) electrons. The van der Waals surface area contributed by atoms with E-state index in [1.807, 2.05) is 6.92 Å². The molecule has 10 heavy (non-hydrogen) atoms. The molecule has 1 N–H and O–H groups in total. The summed E-state index contributed by atoms with van der Waals surface area (Å²) in [7, 11) is 1.57. The predicted molar refractivity (Wildman–Crippen MR) is 37.7 cm³/mol. The van der Waals surface area contributed by atoms with Gasteiger partial charge in [0.15, 0.2) is 0 Å². The summed E-state index contributed by atoms with van der Waals surface area (Å²) < 4.78 is 4.97. The summed E-state index contributed by atoms with van der Waals surface area (Å²) in [5.74, 6) is 0.622. The fraction of sp³-hybridized carbons (Fsp3) is 0.857. The monoisotopic (exact) mass is 143 g/mol. The Labute approximate surface area is 60.7 Å². The molecule has 0 aliphatic heterocycles. The van der Waals surface area contributed by atoms with E-state index in [2.05, 4.69) is 5.32 Å². The lowest BCUT2D eigenvalue weighted by molar-refractivity contribution is 0.0973. The van der Waals surface area contributed by atoms with E-state index in [0.717, 1.165) is 0 Å². The number of hydrogen-bond donors (Lipinski definition) is 1. The third-order valence-electron chi connectivity index (χ3n) is 1.78. The minimum absolute atomic E-state index is 0.0972. The first kappa shape index (κ1) is 7.38. The number of carbonyl (C=O) groups excluding carboxylic acids is 1. The summed E-state index contributed by atoms with van der Waals surface area (Å²) in [6, 6.07) is 0. The van der Waals surface area contributed by atoms with E-state index in [1.165, 1.54) is 12.8 Å². The van der Waals surface area contributed by atoms with Crippen LogP contribution < -0.4 is 5.32 Å². The normalized spacial score (nSPS) is 19.8. The maximum atomic E-state index is 10.6. The molecule has 0 unspecified atom stereocenters. The van der Waals surface area contributed by atoms with Crippen LogP contribution in [-0.4, -0.2) is 19.2 Å². The SMILES string of the molecule is CNC(=O)O[C@@H](C)C1CC1. The number of amides is 1. The summed E-state index contributed by atoms with van der Waals surface area (Å²) in [5.41, 5.74) is 0. The summed E-state index contributed by atoms with van der Waals surface area (Å²) in [4.78, 5) is 10.6. The maximum absolute atomic E-state index is 10.6. The van der Waals surface area contributed by atoms with Crippen LogP contribution in [0.5, 0.6) is 0 Å². The van der Waals surface area contributed by atoms with Crippen molar-refractivity contribution in [1.29, 1.82) is 0 Å². The van der Waals surface area contributed by atoms with Crippen LogP contribution in [-0.2, 0) is 4.74 Å². The second-order valence-electron chi connectivity index (χ2n) is 2.70. The van der Waals surface area contributed by atoms with Gasteiger partial charge in [-0.2, -0.15) is 0 Å². The third-order valence-corrected chi connectivity index (χ3v) is 1.78. The Balaban J connectivity index is 2.16. The summed E-state index contributed by atoms with van der Waals surface area (Å²) in [5, 5.41) is 2.42. The molecule has 3 nitrogen and oxygen atoms in total. The van der Waals surface area contributed by atoms with Crippen molar-refractivity contribution in [3.8, 4) is 0 Å². The highest BCUT2D eigenvalue weighted by atomic mass is 16.6. The summed E-state index contributed by atoms with van der Waals surface area (Å²) in [6.45, 7) is 1.94. The van der Waals surface area contributed by atoms with E-state index in [0.29, 0.717) is 5.92 Å². The minimum atomic E-state index is -0.320. The van der Waals surface area contributed by atoms with Crippen molar-refractivity contribution in [1.82, 2.24) is 5.32 Å². The van der Waals surface area contributed by atoms with E-state index >= 15 is 0 Å². The molecule has 1 atom stereocenters. The number of ether oxygens (including phenoxy) is 1. The second kappa shape index (κ2) is 2.90. The summed E-state index contributed by atoms with van der Waals surface area (Å²) in [6.07, 6.45) is 2.19. The molecule has 1 aliphatic carbocycles. The van der Waals surface area contributed by atoms with Crippen molar-refractivity contribution in [2.24, 2.45) is 5.92 Å². The van der Waals surface area contributed by atoms with E-state index < -0.39 is 0 Å². The van der Waals surface area contributed by atoms with Crippen molar-refractivity contribution in [3.63, 3.8) is 0 Å². The van der Waals surface area contributed by atoms with Crippen LogP contribution in [0, 0.1) is 5.92 Å². The van der Waals surface area contributed by atoms with Crippen LogP contribution in [0.25, 0.3) is 0 Å². The Morgan fingerprint density at radius 1 is 1.70 bits per heavy atom. The highest BCUT2D eigenvalue weighted by molar-refractivity contribution is 5.66. The molecule has 1 aliphatic rings. The molecule has 0 spiro atoms. The molecule has 3 heteroatoms. The van der Waals surface area contributed by atoms with E-state index in [1.54, 1.807) is 7.05 Å². The molecule has 1 saturated carbocycles. The first-order valence-corrected chi connectivity index (χ1v) is 3.62. The molecule has 0 saturated heterocycles. The van der Waals surface area contributed by atoms with Gasteiger partial charge >= 0.3 is 6.09 Å². The van der Waals surface area contributed by atoms with Crippen LogP contribution in [0.1, 0.15) is 19.8 Å². The van der Waals surface area contributed by atoms with Gasteiger partial charge < -0.3 is 10.1 Å². The third kappa shape index (κ3) is 1.90. The Morgan fingerprint density at radius 2 is 2.30 bits per heavy atom. The van der Waals surface area contributed by atoms with Gasteiger partial charge in [-0.15, -0.1) is 0 Å². The van der Waals surface area contributed by atoms with Gasteiger partial charge in [-0.05, 0) is 25.7 Å². The Kier molecular flexibility index (Phi) is 2.14. The van der Waals surface area contributed by atoms with Gasteiger partial charge in [-0.3, -0.25) is 0 Å². The van der Waals surface area contributed by atoms with Gasteiger partial charge in [0, 0.05) is 7.05 Å². The Hall–Kier alpha value is -0.730. The van der Waals surface area contributed by atoms with Gasteiger partial charge in [0.05, 0.1) is 0 Å². The van der Waals surface area contributed by atoms with Crippen molar-refractivity contribution in [2.75, 3.05) is 7.05 Å². The van der Waals surface area contributed by atoms with Crippen LogP contribution in [0.4, 0.5) is 4.79 Å². The number of nitrogens with one attached hydrogen (secondary N) is 1. The Bertz CT molecular complexity index is 132. The smallest absolute Gasteiger partial charge is 0.407 e. The molecule has 58 valence electrons. The topological polar surface area (TPSA) is 38.3 Å². The van der Waals surface area contributed by atoms with Gasteiger partial charge in [0.1, 0.15) is 6.10 Å². The van der Waals surface area contributed by atoms with Gasteiger partial charge in [0.25, 0.3) is 0 Å². The first-order valence-electron chi connectivity index (χ1n) is 3.62. The first-order chi connectivity index (χ1) is 4.74. The highest BCUT2D eigenvalue weighted by Crippen LogP contribution is 2.33. The maximum Gasteiger partial charge on any atom is 0.407 e. The largest absolute Gasteiger partial charge is 0.446 e. The molecule has 0 aromatic heterocycles. The lowest BCUT2D eigenvalue weighted by atomic mass is 10.3. The van der Waals surface area contributed by atoms with Crippen LogP contribution in [0.3, 0.4) is 0 Å². The van der Waals surface area contributed by atoms with E-state index in [-0.39, 0.29) is 12.2 Å². The zero-order valence-electron chi connectivity index (χ0n) is 6.39. The van der Waals surface area contributed by atoms with Gasteiger partial charge in [-0.1, -0.05) is 0 Å². The van der Waals surface area contributed by atoms with Crippen LogP contribution >= 0.6 is 0 Å². The van der Waals surface area contributed by atoms with E-state index in [9.17, 15) is 4.79 Å². The predicted octanol–water partition coefficient (Wildman–Crippen LogP) is 1.14. The van der Waals surface area contributed by atoms with E-state index in [4.69, 9.17) is 4.74 Å². The highest BCUT2D eigenvalue weighted by Gasteiger charge is 2.30. The zero-order chi connectivity index (χ0) is 7.56. The fourth-order valence-corrected chi connectivity index (χ4v) is 0.890. The molecular formula is C7H13NO2. The van der Waals surface area contributed by atoms with Crippen molar-refractivity contribution in [3.05, 3.63) is 0 Å². The van der Waals surface area contributed by atoms with Gasteiger partial charge in [-0.25, -0.2) is 4.79 Å². The molecule has 0 aromatic carbocycles. The molecule has 0 bridgehead atoms. The lowest BCUT2D eigenvalue weighted by Crippen LogP contribution is -2.25.